The topological polar surface area (TPSA) is 64.4 Å². The predicted octanol–water partition coefficient (Wildman–Crippen LogP) is 2.73. The Balaban J connectivity index is 2.06. The maximum Gasteiger partial charge on any atom is 0.283 e. The van der Waals surface area contributed by atoms with Crippen molar-refractivity contribution in [1.82, 2.24) is 9.55 Å². The number of nitrogens with zero attached hydrogens (tertiary/aromatic N) is 3. The summed E-state index contributed by atoms with van der Waals surface area (Å²) in [5.74, 6) is 1.76. The van der Waals surface area contributed by atoms with Gasteiger partial charge >= 0.3 is 0 Å². The van der Waals surface area contributed by atoms with Crippen molar-refractivity contribution in [2.75, 3.05) is 11.4 Å². The Kier molecular flexibility index (Phi) is 4.29. The van der Waals surface area contributed by atoms with E-state index < -0.39 is 10.0 Å². The molecule has 0 amide bonds. The number of aryl methyl sites for hydroxylation is 2. The fourth-order valence-electron chi connectivity index (χ4n) is 2.84. The normalized spacial score (nSPS) is 16.0. The average molecular weight is 349 g/mol. The van der Waals surface area contributed by atoms with E-state index in [1.54, 1.807) is 56.1 Å². The zero-order valence-corrected chi connectivity index (χ0v) is 15.2. The first-order chi connectivity index (χ1) is 11.3. The van der Waals surface area contributed by atoms with E-state index >= 15 is 0 Å². The van der Waals surface area contributed by atoms with Crippen molar-refractivity contribution in [2.45, 2.75) is 37.8 Å². The minimum Gasteiger partial charge on any atom is -0.497 e. The lowest BCUT2D eigenvalue weighted by Gasteiger charge is -2.30. The molecule has 0 N–H and O–H groups in total. The van der Waals surface area contributed by atoms with Gasteiger partial charge in [0, 0.05) is 19.3 Å². The van der Waals surface area contributed by atoms with Crippen LogP contribution in [0.2, 0.25) is 0 Å². The molecule has 0 bridgehead atoms. The van der Waals surface area contributed by atoms with Crippen molar-refractivity contribution < 1.29 is 13.2 Å². The van der Waals surface area contributed by atoms with Crippen LogP contribution in [0.1, 0.15) is 25.6 Å². The van der Waals surface area contributed by atoms with Gasteiger partial charge in [0.15, 0.2) is 5.03 Å². The molecule has 1 saturated carbocycles. The minimum atomic E-state index is -3.72. The van der Waals surface area contributed by atoms with E-state index in [4.69, 9.17) is 4.74 Å². The SMILES string of the molecule is COc1ccc(N([C@H](C)C2CC2)S(=O)(=O)c2cn(C)c(C)n2)cc1. The molecule has 3 rings (SSSR count). The van der Waals surface area contributed by atoms with E-state index in [1.807, 2.05) is 6.92 Å². The molecule has 1 aromatic heterocycles. The number of aromatic nitrogens is 2. The summed E-state index contributed by atoms with van der Waals surface area (Å²) in [6.07, 6.45) is 3.69. The van der Waals surface area contributed by atoms with Crippen molar-refractivity contribution in [1.29, 1.82) is 0 Å². The zero-order valence-electron chi connectivity index (χ0n) is 14.4. The van der Waals surface area contributed by atoms with Gasteiger partial charge in [0.2, 0.25) is 0 Å². The maximum absolute atomic E-state index is 13.2. The van der Waals surface area contributed by atoms with Crippen LogP contribution >= 0.6 is 0 Å². The Labute approximate surface area is 143 Å². The number of ether oxygens (including phenoxy) is 1. The van der Waals surface area contributed by atoms with Crippen LogP contribution in [0.25, 0.3) is 0 Å². The van der Waals surface area contributed by atoms with E-state index in [9.17, 15) is 8.42 Å². The Morgan fingerprint density at radius 3 is 2.38 bits per heavy atom. The molecule has 0 spiro atoms. The summed E-state index contributed by atoms with van der Waals surface area (Å²) < 4.78 is 34.9. The number of methoxy groups -OCH3 is 1. The van der Waals surface area contributed by atoms with Crippen LogP contribution in [0.4, 0.5) is 5.69 Å². The fourth-order valence-corrected chi connectivity index (χ4v) is 4.59. The Bertz CT molecular complexity index is 804. The minimum absolute atomic E-state index is 0.0887. The summed E-state index contributed by atoms with van der Waals surface area (Å²) in [7, 11) is -0.334. The van der Waals surface area contributed by atoms with Gasteiger partial charge in [-0.2, -0.15) is 8.42 Å². The largest absolute Gasteiger partial charge is 0.497 e. The molecule has 1 aliphatic rings. The second-order valence-electron chi connectivity index (χ2n) is 6.31. The molecule has 1 aliphatic carbocycles. The summed E-state index contributed by atoms with van der Waals surface area (Å²) in [6.45, 7) is 3.76. The molecule has 7 heteroatoms. The van der Waals surface area contributed by atoms with E-state index in [1.165, 1.54) is 4.31 Å². The molecule has 24 heavy (non-hydrogen) atoms. The highest BCUT2D eigenvalue weighted by Gasteiger charge is 2.39. The average Bonchev–Trinajstić information content (AvgIpc) is 3.34. The number of sulfonamides is 1. The van der Waals surface area contributed by atoms with Crippen molar-refractivity contribution in [2.24, 2.45) is 13.0 Å². The lowest BCUT2D eigenvalue weighted by molar-refractivity contribution is 0.415. The van der Waals surface area contributed by atoms with Gasteiger partial charge < -0.3 is 9.30 Å². The number of hydrogen-bond donors (Lipinski definition) is 0. The van der Waals surface area contributed by atoms with Crippen LogP contribution in [0, 0.1) is 12.8 Å². The quantitative estimate of drug-likeness (QED) is 0.804. The number of anilines is 1. The van der Waals surface area contributed by atoms with Crippen molar-refractivity contribution >= 4 is 15.7 Å². The molecular weight excluding hydrogens is 326 g/mol. The molecule has 6 nitrogen and oxygen atoms in total. The second-order valence-corrected chi connectivity index (χ2v) is 8.08. The van der Waals surface area contributed by atoms with Gasteiger partial charge in [-0.25, -0.2) is 4.98 Å². The molecule has 0 aliphatic heterocycles. The molecule has 1 aromatic carbocycles. The molecule has 1 atom stereocenters. The third-order valence-corrected chi connectivity index (χ3v) is 6.40. The summed E-state index contributed by atoms with van der Waals surface area (Å²) in [5.41, 5.74) is 0.638. The standard InChI is InChI=1S/C17H23N3O3S/c1-12(14-5-6-14)20(15-7-9-16(23-4)10-8-15)24(21,22)17-11-19(3)13(2)18-17/h7-12,14H,5-6H2,1-4H3/t12-/m1/s1. The Morgan fingerprint density at radius 2 is 1.92 bits per heavy atom. The summed E-state index contributed by atoms with van der Waals surface area (Å²) in [4.78, 5) is 4.23. The second kappa shape index (κ2) is 6.12. The Hall–Kier alpha value is -2.02. The maximum atomic E-state index is 13.2. The van der Waals surface area contributed by atoms with E-state index in [0.29, 0.717) is 23.2 Å². The third-order valence-electron chi connectivity index (χ3n) is 4.61. The molecular formula is C17H23N3O3S. The summed E-state index contributed by atoms with van der Waals surface area (Å²) in [5, 5.41) is 0.0887. The first-order valence-electron chi connectivity index (χ1n) is 8.03. The van der Waals surface area contributed by atoms with Crippen LogP contribution in [0.3, 0.4) is 0 Å². The third kappa shape index (κ3) is 3.00. The molecule has 1 fully saturated rings. The number of imidazole rings is 1. The molecule has 2 aromatic rings. The van der Waals surface area contributed by atoms with Crippen molar-refractivity contribution in [3.8, 4) is 5.75 Å². The van der Waals surface area contributed by atoms with Crippen molar-refractivity contribution in [3.63, 3.8) is 0 Å². The highest BCUT2D eigenvalue weighted by atomic mass is 32.2. The van der Waals surface area contributed by atoms with Crippen molar-refractivity contribution in [3.05, 3.63) is 36.3 Å². The first kappa shape index (κ1) is 16.8. The summed E-state index contributed by atoms with van der Waals surface area (Å²) >= 11 is 0. The zero-order chi connectivity index (χ0) is 17.5. The Morgan fingerprint density at radius 1 is 1.29 bits per heavy atom. The number of benzene rings is 1. The van der Waals surface area contributed by atoms with Crippen LogP contribution < -0.4 is 9.04 Å². The number of hydrogen-bond acceptors (Lipinski definition) is 4. The lowest BCUT2D eigenvalue weighted by Crippen LogP contribution is -2.40. The van der Waals surface area contributed by atoms with Gasteiger partial charge in [-0.1, -0.05) is 0 Å². The lowest BCUT2D eigenvalue weighted by atomic mass is 10.2. The van der Waals surface area contributed by atoms with Crippen LogP contribution in [0.15, 0.2) is 35.5 Å². The molecule has 130 valence electrons. The fraction of sp³-hybridized carbons (Fsp3) is 0.471. The molecule has 0 radical (unpaired) electrons. The van der Waals surface area contributed by atoms with Crippen LogP contribution in [0.5, 0.6) is 5.75 Å². The van der Waals surface area contributed by atoms with E-state index in [2.05, 4.69) is 4.98 Å². The summed E-state index contributed by atoms with van der Waals surface area (Å²) in [6, 6.07) is 7.02. The highest BCUT2D eigenvalue weighted by Crippen LogP contribution is 2.39. The van der Waals surface area contributed by atoms with Crippen LogP contribution in [-0.4, -0.2) is 31.1 Å². The van der Waals surface area contributed by atoms with E-state index in [-0.39, 0.29) is 11.1 Å². The van der Waals surface area contributed by atoms with Gasteiger partial charge in [-0.3, -0.25) is 4.31 Å². The number of rotatable bonds is 6. The van der Waals surface area contributed by atoms with Gasteiger partial charge in [0.25, 0.3) is 10.0 Å². The van der Waals surface area contributed by atoms with Gasteiger partial charge in [-0.05, 0) is 56.9 Å². The molecule has 1 heterocycles. The highest BCUT2D eigenvalue weighted by molar-refractivity contribution is 7.92. The van der Waals surface area contributed by atoms with Gasteiger partial charge in [0.05, 0.1) is 12.8 Å². The van der Waals surface area contributed by atoms with Crippen LogP contribution in [-0.2, 0) is 17.1 Å². The molecule has 0 saturated heterocycles. The van der Waals surface area contributed by atoms with Gasteiger partial charge in [0.1, 0.15) is 11.6 Å². The first-order valence-corrected chi connectivity index (χ1v) is 9.47. The van der Waals surface area contributed by atoms with E-state index in [0.717, 1.165) is 12.8 Å². The smallest absolute Gasteiger partial charge is 0.283 e. The monoisotopic (exact) mass is 349 g/mol. The molecule has 0 unspecified atom stereocenters. The predicted molar refractivity (Wildman–Crippen MR) is 92.8 cm³/mol. The van der Waals surface area contributed by atoms with Gasteiger partial charge in [-0.15, -0.1) is 0 Å².